The predicted octanol–water partition coefficient (Wildman–Crippen LogP) is 2.23. The summed E-state index contributed by atoms with van der Waals surface area (Å²) < 4.78 is 0. The van der Waals surface area contributed by atoms with Crippen LogP contribution in [0.4, 0.5) is 5.69 Å². The van der Waals surface area contributed by atoms with E-state index in [-0.39, 0.29) is 6.61 Å². The van der Waals surface area contributed by atoms with Crippen molar-refractivity contribution in [1.82, 2.24) is 4.98 Å². The summed E-state index contributed by atoms with van der Waals surface area (Å²) in [6, 6.07) is 12.1. The van der Waals surface area contributed by atoms with E-state index in [0.717, 1.165) is 23.4 Å². The Morgan fingerprint density at radius 3 is 2.53 bits per heavy atom. The summed E-state index contributed by atoms with van der Waals surface area (Å²) in [7, 11) is 0. The number of rotatable bonds is 5. The lowest BCUT2D eigenvalue weighted by Crippen LogP contribution is -1.99. The maximum absolute atomic E-state index is 8.82. The minimum atomic E-state index is 0.197. The Labute approximate surface area is 101 Å². The van der Waals surface area contributed by atoms with Gasteiger partial charge in [0.15, 0.2) is 0 Å². The van der Waals surface area contributed by atoms with E-state index in [0.29, 0.717) is 6.42 Å². The minimum Gasteiger partial charge on any atom is -0.396 e. The third kappa shape index (κ3) is 3.57. The van der Waals surface area contributed by atoms with Crippen LogP contribution in [0.1, 0.15) is 11.1 Å². The van der Waals surface area contributed by atoms with Crippen LogP contribution in [0.2, 0.25) is 0 Å². The van der Waals surface area contributed by atoms with E-state index in [2.05, 4.69) is 10.3 Å². The van der Waals surface area contributed by atoms with Gasteiger partial charge in [-0.2, -0.15) is 0 Å². The Morgan fingerprint density at radius 2 is 1.88 bits per heavy atom. The molecule has 1 aromatic carbocycles. The van der Waals surface area contributed by atoms with E-state index in [4.69, 9.17) is 5.11 Å². The first kappa shape index (κ1) is 11.6. The Morgan fingerprint density at radius 1 is 1.06 bits per heavy atom. The van der Waals surface area contributed by atoms with Gasteiger partial charge in [0.2, 0.25) is 0 Å². The first-order valence-corrected chi connectivity index (χ1v) is 5.71. The van der Waals surface area contributed by atoms with E-state index in [1.807, 2.05) is 42.6 Å². The number of pyridine rings is 1. The molecular weight excluding hydrogens is 212 g/mol. The Balaban J connectivity index is 1.91. The largest absolute Gasteiger partial charge is 0.396 e. The molecule has 0 aliphatic carbocycles. The second-order valence-electron chi connectivity index (χ2n) is 3.89. The molecule has 0 saturated carbocycles. The highest BCUT2D eigenvalue weighted by molar-refractivity contribution is 5.45. The summed E-state index contributed by atoms with van der Waals surface area (Å²) in [6.45, 7) is 0.968. The maximum Gasteiger partial charge on any atom is 0.0471 e. The van der Waals surface area contributed by atoms with Gasteiger partial charge in [0, 0.05) is 31.2 Å². The molecule has 2 rings (SSSR count). The van der Waals surface area contributed by atoms with Crippen LogP contribution in [0.5, 0.6) is 0 Å². The van der Waals surface area contributed by atoms with Crippen molar-refractivity contribution in [3.63, 3.8) is 0 Å². The molecule has 0 radical (unpaired) electrons. The molecule has 88 valence electrons. The third-order valence-electron chi connectivity index (χ3n) is 2.57. The molecule has 3 nitrogen and oxygen atoms in total. The lowest BCUT2D eigenvalue weighted by Gasteiger charge is -2.07. The molecule has 0 aliphatic rings. The van der Waals surface area contributed by atoms with Gasteiger partial charge in [-0.1, -0.05) is 18.2 Å². The molecule has 1 heterocycles. The molecule has 0 bridgehead atoms. The average Bonchev–Trinajstić information content (AvgIpc) is 2.40. The lowest BCUT2D eigenvalue weighted by molar-refractivity contribution is 0.299. The minimum absolute atomic E-state index is 0.197. The van der Waals surface area contributed by atoms with E-state index >= 15 is 0 Å². The van der Waals surface area contributed by atoms with Crippen LogP contribution < -0.4 is 5.32 Å². The first-order chi connectivity index (χ1) is 8.38. The van der Waals surface area contributed by atoms with Crippen LogP contribution in [-0.4, -0.2) is 16.7 Å². The van der Waals surface area contributed by atoms with Crippen LogP contribution in [0.25, 0.3) is 0 Å². The molecule has 2 N–H and O–H groups in total. The van der Waals surface area contributed by atoms with Crippen LogP contribution in [0, 0.1) is 0 Å². The normalized spacial score (nSPS) is 10.2. The molecule has 0 unspecified atom stereocenters. The number of nitrogens with zero attached hydrogens (tertiary/aromatic N) is 1. The number of aromatic nitrogens is 1. The van der Waals surface area contributed by atoms with Gasteiger partial charge in [-0.15, -0.1) is 0 Å². The number of aliphatic hydroxyl groups excluding tert-OH is 1. The summed E-state index contributed by atoms with van der Waals surface area (Å²) >= 11 is 0. The monoisotopic (exact) mass is 228 g/mol. The molecule has 0 amide bonds. The topological polar surface area (TPSA) is 45.1 Å². The van der Waals surface area contributed by atoms with Crippen molar-refractivity contribution in [2.45, 2.75) is 13.0 Å². The summed E-state index contributed by atoms with van der Waals surface area (Å²) in [5.74, 6) is 0. The second-order valence-corrected chi connectivity index (χ2v) is 3.89. The molecule has 0 spiro atoms. The number of nitrogens with one attached hydrogen (secondary N) is 1. The molecule has 0 saturated heterocycles. The van der Waals surface area contributed by atoms with Gasteiger partial charge in [0.25, 0.3) is 0 Å². The van der Waals surface area contributed by atoms with Gasteiger partial charge >= 0.3 is 0 Å². The Kier molecular flexibility index (Phi) is 4.11. The van der Waals surface area contributed by atoms with Crippen molar-refractivity contribution < 1.29 is 5.11 Å². The maximum atomic E-state index is 8.82. The van der Waals surface area contributed by atoms with Gasteiger partial charge in [0.1, 0.15) is 0 Å². The fourth-order valence-corrected chi connectivity index (χ4v) is 1.63. The molecule has 0 aliphatic heterocycles. The molecule has 0 fully saturated rings. The van der Waals surface area contributed by atoms with E-state index in [1.54, 1.807) is 6.20 Å². The van der Waals surface area contributed by atoms with Gasteiger partial charge in [-0.3, -0.25) is 4.98 Å². The van der Waals surface area contributed by atoms with Crippen molar-refractivity contribution in [2.75, 3.05) is 11.9 Å². The van der Waals surface area contributed by atoms with Crippen LogP contribution in [-0.2, 0) is 13.0 Å². The number of hydrogen-bond donors (Lipinski definition) is 2. The van der Waals surface area contributed by atoms with Crippen LogP contribution in [0.15, 0.2) is 48.8 Å². The zero-order valence-corrected chi connectivity index (χ0v) is 9.63. The van der Waals surface area contributed by atoms with Gasteiger partial charge < -0.3 is 10.4 Å². The zero-order valence-electron chi connectivity index (χ0n) is 9.63. The van der Waals surface area contributed by atoms with Crippen molar-refractivity contribution in [1.29, 1.82) is 0 Å². The number of aliphatic hydroxyl groups is 1. The first-order valence-electron chi connectivity index (χ1n) is 5.71. The number of anilines is 1. The molecular formula is C14H16N2O. The average molecular weight is 228 g/mol. The van der Waals surface area contributed by atoms with Crippen molar-refractivity contribution in [2.24, 2.45) is 0 Å². The van der Waals surface area contributed by atoms with Gasteiger partial charge in [-0.05, 0) is 35.7 Å². The molecule has 17 heavy (non-hydrogen) atoms. The number of hydrogen-bond acceptors (Lipinski definition) is 3. The third-order valence-corrected chi connectivity index (χ3v) is 2.57. The van der Waals surface area contributed by atoms with Crippen LogP contribution in [0.3, 0.4) is 0 Å². The number of benzene rings is 1. The quantitative estimate of drug-likeness (QED) is 0.825. The van der Waals surface area contributed by atoms with E-state index in [9.17, 15) is 0 Å². The highest BCUT2D eigenvalue weighted by Crippen LogP contribution is 2.11. The highest BCUT2D eigenvalue weighted by Gasteiger charge is 1.95. The summed E-state index contributed by atoms with van der Waals surface area (Å²) in [5.41, 5.74) is 3.39. The SMILES string of the molecule is OCCc1ccc(NCc2cccnc2)cc1. The summed E-state index contributed by atoms with van der Waals surface area (Å²) in [6.07, 6.45) is 4.34. The van der Waals surface area contributed by atoms with Crippen molar-refractivity contribution >= 4 is 5.69 Å². The Bertz CT molecular complexity index is 440. The smallest absolute Gasteiger partial charge is 0.0471 e. The second kappa shape index (κ2) is 6.01. The standard InChI is InChI=1S/C14H16N2O/c17-9-7-12-3-5-14(6-4-12)16-11-13-2-1-8-15-10-13/h1-6,8,10,16-17H,7,9,11H2. The molecule has 0 atom stereocenters. The molecule has 2 aromatic rings. The van der Waals surface area contributed by atoms with Crippen molar-refractivity contribution in [3.8, 4) is 0 Å². The summed E-state index contributed by atoms with van der Waals surface area (Å²) in [4.78, 5) is 4.07. The fraction of sp³-hybridized carbons (Fsp3) is 0.214. The predicted molar refractivity (Wildman–Crippen MR) is 68.8 cm³/mol. The van der Waals surface area contributed by atoms with Crippen molar-refractivity contribution in [3.05, 3.63) is 59.9 Å². The molecule has 1 aromatic heterocycles. The zero-order chi connectivity index (χ0) is 11.9. The van der Waals surface area contributed by atoms with Gasteiger partial charge in [-0.25, -0.2) is 0 Å². The van der Waals surface area contributed by atoms with E-state index < -0.39 is 0 Å². The highest BCUT2D eigenvalue weighted by atomic mass is 16.2. The lowest BCUT2D eigenvalue weighted by atomic mass is 10.1. The fourth-order valence-electron chi connectivity index (χ4n) is 1.63. The summed E-state index contributed by atoms with van der Waals surface area (Å²) in [5, 5.41) is 12.1. The molecule has 3 heteroatoms. The van der Waals surface area contributed by atoms with Crippen LogP contribution >= 0.6 is 0 Å². The van der Waals surface area contributed by atoms with E-state index in [1.165, 1.54) is 0 Å². The van der Waals surface area contributed by atoms with Gasteiger partial charge in [0.05, 0.1) is 0 Å². The Hall–Kier alpha value is -1.87.